The van der Waals surface area contributed by atoms with Crippen LogP contribution in [0.2, 0.25) is 0 Å². The van der Waals surface area contributed by atoms with Gasteiger partial charge in [0.25, 0.3) is 0 Å². The molecule has 0 unspecified atom stereocenters. The van der Waals surface area contributed by atoms with Crippen LogP contribution in [0, 0.1) is 5.82 Å². The molecule has 0 bridgehead atoms. The number of likely N-dealkylation sites (tertiary alicyclic amines) is 1. The van der Waals surface area contributed by atoms with Crippen LogP contribution in [0.1, 0.15) is 23.6 Å². The highest BCUT2D eigenvalue weighted by molar-refractivity contribution is 7.92. The number of fused-ring (bicyclic) bond motifs is 1. The fraction of sp³-hybridized carbons (Fsp3) is 0.391. The normalized spacial score (nSPS) is 20.7. The van der Waals surface area contributed by atoms with Crippen molar-refractivity contribution >= 4 is 27.3 Å². The summed E-state index contributed by atoms with van der Waals surface area (Å²) in [4.78, 5) is 28.5. The molecule has 176 valence electrons. The summed E-state index contributed by atoms with van der Waals surface area (Å²) < 4.78 is 38.3. The van der Waals surface area contributed by atoms with E-state index in [4.69, 9.17) is 0 Å². The number of amides is 2. The van der Waals surface area contributed by atoms with E-state index in [0.29, 0.717) is 37.2 Å². The highest BCUT2D eigenvalue weighted by Crippen LogP contribution is 2.29. The minimum atomic E-state index is -3.69. The van der Waals surface area contributed by atoms with Crippen molar-refractivity contribution in [2.45, 2.75) is 29.9 Å². The van der Waals surface area contributed by atoms with Crippen LogP contribution >= 0.6 is 0 Å². The van der Waals surface area contributed by atoms with Crippen LogP contribution in [0.25, 0.3) is 0 Å². The summed E-state index contributed by atoms with van der Waals surface area (Å²) in [6, 6.07) is 10.2. The molecule has 4 rings (SSSR count). The van der Waals surface area contributed by atoms with Crippen molar-refractivity contribution in [1.29, 1.82) is 0 Å². The van der Waals surface area contributed by atoms with Crippen LogP contribution in [0.3, 0.4) is 0 Å². The first-order valence-corrected chi connectivity index (χ1v) is 12.3. The van der Waals surface area contributed by atoms with Crippen LogP contribution < -0.4 is 5.32 Å². The molecule has 2 aliphatic heterocycles. The highest BCUT2D eigenvalue weighted by Gasteiger charge is 2.30. The summed E-state index contributed by atoms with van der Waals surface area (Å²) in [5, 5.41) is 12.4. The van der Waals surface area contributed by atoms with Crippen LogP contribution in [0.15, 0.2) is 47.4 Å². The lowest BCUT2D eigenvalue weighted by Gasteiger charge is -2.32. The molecule has 2 amide bonds. The second kappa shape index (κ2) is 9.20. The Kier molecular flexibility index (Phi) is 6.51. The molecule has 2 aliphatic rings. The van der Waals surface area contributed by atoms with E-state index in [2.05, 4.69) is 5.32 Å². The van der Waals surface area contributed by atoms with Crippen molar-refractivity contribution in [3.05, 3.63) is 59.4 Å². The number of hydrogen-bond donors (Lipinski definition) is 2. The number of carbonyl (C=O) groups excluding carboxylic acids is 2. The Morgan fingerprint density at radius 2 is 2.09 bits per heavy atom. The first-order chi connectivity index (χ1) is 15.6. The first-order valence-electron chi connectivity index (χ1n) is 10.7. The Hall–Kier alpha value is -2.82. The van der Waals surface area contributed by atoms with Crippen LogP contribution in [-0.4, -0.2) is 73.7 Å². The number of nitrogens with zero attached hydrogens (tertiary/aromatic N) is 2. The van der Waals surface area contributed by atoms with E-state index in [9.17, 15) is 27.5 Å². The fourth-order valence-corrected chi connectivity index (χ4v) is 5.65. The molecule has 2 aromatic carbocycles. The second-order valence-corrected chi connectivity index (χ2v) is 10.6. The molecule has 0 spiro atoms. The first kappa shape index (κ1) is 23.3. The molecular weight excluding hydrogens is 449 g/mol. The van der Waals surface area contributed by atoms with E-state index in [0.717, 1.165) is 0 Å². The van der Waals surface area contributed by atoms with E-state index < -0.39 is 39.5 Å². The van der Waals surface area contributed by atoms with Crippen LogP contribution in [-0.2, 0) is 25.8 Å². The van der Waals surface area contributed by atoms with Gasteiger partial charge in [-0.05, 0) is 41.8 Å². The maximum atomic E-state index is 13.9. The molecular formula is C23H26FN3O5S. The third-order valence-electron chi connectivity index (χ3n) is 6.10. The van der Waals surface area contributed by atoms with E-state index in [1.165, 1.54) is 24.3 Å². The lowest BCUT2D eigenvalue weighted by atomic mass is 10.0. The Morgan fingerprint density at radius 3 is 2.79 bits per heavy atom. The lowest BCUT2D eigenvalue weighted by Crippen LogP contribution is -2.39. The van der Waals surface area contributed by atoms with E-state index in [1.807, 2.05) is 4.90 Å². The third-order valence-corrected chi connectivity index (χ3v) is 7.77. The van der Waals surface area contributed by atoms with Gasteiger partial charge in [0.1, 0.15) is 11.6 Å². The largest absolute Gasteiger partial charge is 0.392 e. The number of β-amino-alcohol motifs (C(OH)–C–C–N with tert-alkyl or cyclic N) is 1. The van der Waals surface area contributed by atoms with Gasteiger partial charge in [-0.25, -0.2) is 12.8 Å². The van der Waals surface area contributed by atoms with Gasteiger partial charge in [-0.15, -0.1) is 0 Å². The number of anilines is 1. The van der Waals surface area contributed by atoms with Gasteiger partial charge >= 0.3 is 0 Å². The van der Waals surface area contributed by atoms with Gasteiger partial charge in [0.05, 0.1) is 29.1 Å². The smallest absolute Gasteiger partial charge is 0.239 e. The molecule has 1 fully saturated rings. The number of halogens is 1. The highest BCUT2D eigenvalue weighted by atomic mass is 32.2. The van der Waals surface area contributed by atoms with Gasteiger partial charge in [-0.3, -0.25) is 14.5 Å². The summed E-state index contributed by atoms with van der Waals surface area (Å²) >= 11 is 0. The summed E-state index contributed by atoms with van der Waals surface area (Å²) in [6.45, 7) is 1.63. The van der Waals surface area contributed by atoms with Crippen molar-refractivity contribution in [3.63, 3.8) is 0 Å². The van der Waals surface area contributed by atoms with Gasteiger partial charge in [0.2, 0.25) is 11.8 Å². The molecule has 10 heteroatoms. The number of nitrogens with one attached hydrogen (secondary N) is 1. The fourth-order valence-electron chi connectivity index (χ4n) is 4.35. The molecule has 1 saturated heterocycles. The topological polar surface area (TPSA) is 107 Å². The minimum absolute atomic E-state index is 0.0197. The van der Waals surface area contributed by atoms with Gasteiger partial charge in [-0.2, -0.15) is 0 Å². The number of benzene rings is 2. The van der Waals surface area contributed by atoms with E-state index >= 15 is 0 Å². The number of hydrogen-bond acceptors (Lipinski definition) is 6. The summed E-state index contributed by atoms with van der Waals surface area (Å²) in [7, 11) is -2.05. The number of carbonyl (C=O) groups is 2. The number of sulfone groups is 1. The monoisotopic (exact) mass is 475 g/mol. The van der Waals surface area contributed by atoms with Crippen molar-refractivity contribution in [2.75, 3.05) is 37.8 Å². The number of likely N-dealkylation sites (N-methyl/N-ethyl adjacent to an activating group) is 1. The zero-order valence-corrected chi connectivity index (χ0v) is 19.0. The van der Waals surface area contributed by atoms with Crippen molar-refractivity contribution in [3.8, 4) is 0 Å². The average Bonchev–Trinajstić information content (AvgIpc) is 3.15. The molecule has 33 heavy (non-hydrogen) atoms. The van der Waals surface area contributed by atoms with E-state index in [-0.39, 0.29) is 22.9 Å². The molecule has 8 nitrogen and oxygen atoms in total. The summed E-state index contributed by atoms with van der Waals surface area (Å²) in [6.07, 6.45) is 0.215. The maximum Gasteiger partial charge on any atom is 0.239 e. The molecule has 2 aromatic rings. The molecule has 0 radical (unpaired) electrons. The van der Waals surface area contributed by atoms with Crippen LogP contribution in [0.4, 0.5) is 10.1 Å². The Morgan fingerprint density at radius 1 is 1.30 bits per heavy atom. The van der Waals surface area contributed by atoms with Crippen molar-refractivity contribution in [1.82, 2.24) is 9.80 Å². The van der Waals surface area contributed by atoms with Gasteiger partial charge in [-0.1, -0.05) is 18.2 Å². The summed E-state index contributed by atoms with van der Waals surface area (Å²) in [5.41, 5.74) is 1.38. The van der Waals surface area contributed by atoms with Gasteiger partial charge in [0.15, 0.2) is 9.84 Å². The second-order valence-electron chi connectivity index (χ2n) is 8.59. The molecule has 2 heterocycles. The van der Waals surface area contributed by atoms with Crippen molar-refractivity contribution < 1.29 is 27.5 Å². The molecule has 2 N–H and O–H groups in total. The molecule has 0 saturated carbocycles. The molecule has 0 aromatic heterocycles. The predicted molar refractivity (Wildman–Crippen MR) is 120 cm³/mol. The summed E-state index contributed by atoms with van der Waals surface area (Å²) in [5.74, 6) is -1.84. The van der Waals surface area contributed by atoms with Crippen LogP contribution in [0.5, 0.6) is 0 Å². The number of rotatable bonds is 6. The Balaban J connectivity index is 1.55. The quantitative estimate of drug-likeness (QED) is 0.654. The minimum Gasteiger partial charge on any atom is -0.392 e. The SMILES string of the molecule is CN(C(=O)Cc1ccc2c(c1)NC(=O)CS2(=O)=O)[C@H](CN1CC[C@H](O)C1)c1cccc(F)c1. The zero-order chi connectivity index (χ0) is 23.8. The zero-order valence-electron chi connectivity index (χ0n) is 18.2. The Labute approximate surface area is 191 Å². The lowest BCUT2D eigenvalue weighted by molar-refractivity contribution is -0.131. The number of aliphatic hydroxyl groups excluding tert-OH is 1. The van der Waals surface area contributed by atoms with Gasteiger partial charge in [0, 0.05) is 26.7 Å². The Bertz CT molecular complexity index is 1190. The van der Waals surface area contributed by atoms with Crippen molar-refractivity contribution in [2.24, 2.45) is 0 Å². The number of aliphatic hydroxyl groups is 1. The average molecular weight is 476 g/mol. The predicted octanol–water partition coefficient (Wildman–Crippen LogP) is 1.36. The third kappa shape index (κ3) is 5.23. The maximum absolute atomic E-state index is 13.9. The standard InChI is InChI=1S/C23H26FN3O5S/c1-26(20(13-27-8-7-18(28)12-27)16-3-2-4-17(24)11-16)23(30)10-15-5-6-21-19(9-15)25-22(29)14-33(21,31)32/h2-6,9,11,18,20,28H,7-8,10,12-14H2,1H3,(H,25,29)/t18-,20+/m0/s1. The van der Waals surface area contributed by atoms with Gasteiger partial charge < -0.3 is 15.3 Å². The molecule has 0 aliphatic carbocycles. The van der Waals surface area contributed by atoms with E-state index in [1.54, 1.807) is 30.1 Å². The molecule has 2 atom stereocenters.